The van der Waals surface area contributed by atoms with Crippen molar-refractivity contribution < 1.29 is 17.5 Å². The maximum Gasteiger partial charge on any atom is 0.208 e. The number of sulfonamides is 1. The van der Waals surface area contributed by atoms with Crippen LogP contribution in [0.1, 0.15) is 0 Å². The Morgan fingerprint density at radius 1 is 1.46 bits per heavy atom. The fourth-order valence-electron chi connectivity index (χ4n) is 2.57. The molecule has 1 atom stereocenters. The second-order valence-electron chi connectivity index (χ2n) is 5.54. The van der Waals surface area contributed by atoms with Crippen LogP contribution in [0.15, 0.2) is 22.9 Å². The Labute approximate surface area is 147 Å². The summed E-state index contributed by atoms with van der Waals surface area (Å²) in [4.78, 5) is 10.4. The number of hydrogen-bond acceptors (Lipinski definition) is 6. The average molecular weight is 419 g/mol. The van der Waals surface area contributed by atoms with Crippen molar-refractivity contribution in [2.75, 3.05) is 37.4 Å². The SMILES string of the molecule is CS(=O)(=O)NCC1CN(c2ncnc3cc(Br)c(F)cc23)CCO1. The first kappa shape index (κ1) is 17.5. The molecule has 10 heteroatoms. The minimum atomic E-state index is -3.28. The van der Waals surface area contributed by atoms with Gasteiger partial charge in [0.2, 0.25) is 10.0 Å². The number of aromatic nitrogens is 2. The Morgan fingerprint density at radius 3 is 3.00 bits per heavy atom. The van der Waals surface area contributed by atoms with Crippen LogP contribution in [0, 0.1) is 5.82 Å². The van der Waals surface area contributed by atoms with Gasteiger partial charge in [0.25, 0.3) is 0 Å². The van der Waals surface area contributed by atoms with Crippen LogP contribution >= 0.6 is 15.9 Å². The third-order valence-corrected chi connectivity index (χ3v) is 4.97. The molecule has 7 nitrogen and oxygen atoms in total. The first-order chi connectivity index (χ1) is 11.3. The van der Waals surface area contributed by atoms with Gasteiger partial charge in [0.1, 0.15) is 18.0 Å². The van der Waals surface area contributed by atoms with Crippen molar-refractivity contribution in [3.63, 3.8) is 0 Å². The molecular weight excluding hydrogens is 403 g/mol. The number of ether oxygens (including phenoxy) is 1. The van der Waals surface area contributed by atoms with Gasteiger partial charge in [-0.1, -0.05) is 0 Å². The number of benzene rings is 1. The molecule has 1 aromatic heterocycles. The molecule has 1 N–H and O–H groups in total. The zero-order valence-corrected chi connectivity index (χ0v) is 15.3. The van der Waals surface area contributed by atoms with E-state index >= 15 is 0 Å². The van der Waals surface area contributed by atoms with Crippen molar-refractivity contribution in [1.82, 2.24) is 14.7 Å². The molecule has 2 aromatic rings. The summed E-state index contributed by atoms with van der Waals surface area (Å²) >= 11 is 3.15. The van der Waals surface area contributed by atoms with Gasteiger partial charge < -0.3 is 9.64 Å². The molecule has 0 bridgehead atoms. The molecule has 0 radical (unpaired) electrons. The number of anilines is 1. The lowest BCUT2D eigenvalue weighted by atomic mass is 10.2. The van der Waals surface area contributed by atoms with E-state index in [1.165, 1.54) is 12.4 Å². The summed E-state index contributed by atoms with van der Waals surface area (Å²) in [5.74, 6) is 0.223. The van der Waals surface area contributed by atoms with E-state index < -0.39 is 10.0 Å². The van der Waals surface area contributed by atoms with Gasteiger partial charge in [0.05, 0.1) is 29.0 Å². The highest BCUT2D eigenvalue weighted by molar-refractivity contribution is 9.10. The Hall–Kier alpha value is -1.36. The van der Waals surface area contributed by atoms with Crippen LogP contribution in [0.5, 0.6) is 0 Å². The van der Waals surface area contributed by atoms with Crippen LogP contribution in [-0.4, -0.2) is 57.0 Å². The van der Waals surface area contributed by atoms with E-state index in [1.807, 2.05) is 4.90 Å². The van der Waals surface area contributed by atoms with Crippen molar-refractivity contribution in [3.8, 4) is 0 Å². The molecule has 1 aromatic carbocycles. The van der Waals surface area contributed by atoms with Crippen molar-refractivity contribution in [2.45, 2.75) is 6.10 Å². The summed E-state index contributed by atoms with van der Waals surface area (Å²) in [6.45, 7) is 1.64. The minimum absolute atomic E-state index is 0.179. The van der Waals surface area contributed by atoms with Crippen LogP contribution in [0.3, 0.4) is 0 Å². The molecule has 1 aliphatic rings. The predicted octanol–water partition coefficient (Wildman–Crippen LogP) is 1.29. The van der Waals surface area contributed by atoms with E-state index in [-0.39, 0.29) is 18.5 Å². The third-order valence-electron chi connectivity index (χ3n) is 3.67. The molecule has 3 rings (SSSR count). The van der Waals surface area contributed by atoms with E-state index in [4.69, 9.17) is 4.74 Å². The van der Waals surface area contributed by atoms with Gasteiger partial charge >= 0.3 is 0 Å². The molecule has 130 valence electrons. The highest BCUT2D eigenvalue weighted by Crippen LogP contribution is 2.28. The summed E-state index contributed by atoms with van der Waals surface area (Å²) in [6, 6.07) is 3.01. The first-order valence-electron chi connectivity index (χ1n) is 7.24. The number of rotatable bonds is 4. The zero-order chi connectivity index (χ0) is 17.3. The number of morpholine rings is 1. The average Bonchev–Trinajstić information content (AvgIpc) is 2.53. The Bertz CT molecular complexity index is 864. The van der Waals surface area contributed by atoms with Crippen molar-refractivity contribution in [1.29, 1.82) is 0 Å². The van der Waals surface area contributed by atoms with Gasteiger partial charge in [-0.2, -0.15) is 0 Å². The monoisotopic (exact) mass is 418 g/mol. The van der Waals surface area contributed by atoms with Crippen molar-refractivity contribution in [3.05, 3.63) is 28.7 Å². The normalized spacial score (nSPS) is 19.0. The number of fused-ring (bicyclic) bond motifs is 1. The second kappa shape index (κ2) is 6.87. The van der Waals surface area contributed by atoms with E-state index in [9.17, 15) is 12.8 Å². The van der Waals surface area contributed by atoms with Crippen molar-refractivity contribution in [2.24, 2.45) is 0 Å². The number of nitrogens with one attached hydrogen (secondary N) is 1. The highest BCUT2D eigenvalue weighted by Gasteiger charge is 2.24. The summed E-state index contributed by atoms with van der Waals surface area (Å²) < 4.78 is 44.7. The molecule has 0 aliphatic carbocycles. The number of hydrogen-bond donors (Lipinski definition) is 1. The minimum Gasteiger partial charge on any atom is -0.373 e. The van der Waals surface area contributed by atoms with Crippen LogP contribution in [-0.2, 0) is 14.8 Å². The largest absolute Gasteiger partial charge is 0.373 e. The lowest BCUT2D eigenvalue weighted by molar-refractivity contribution is 0.0441. The fourth-order valence-corrected chi connectivity index (χ4v) is 3.39. The van der Waals surface area contributed by atoms with E-state index in [0.717, 1.165) is 6.26 Å². The summed E-state index contributed by atoms with van der Waals surface area (Å²) in [7, 11) is -3.28. The van der Waals surface area contributed by atoms with Crippen molar-refractivity contribution >= 4 is 42.7 Å². The molecule has 1 fully saturated rings. The Morgan fingerprint density at radius 2 is 2.25 bits per heavy atom. The molecule has 1 saturated heterocycles. The second-order valence-corrected chi connectivity index (χ2v) is 8.23. The quantitative estimate of drug-likeness (QED) is 0.804. The summed E-state index contributed by atoms with van der Waals surface area (Å²) in [6.07, 6.45) is 2.23. The first-order valence-corrected chi connectivity index (χ1v) is 9.93. The molecule has 2 heterocycles. The predicted molar refractivity (Wildman–Crippen MR) is 92.0 cm³/mol. The zero-order valence-electron chi connectivity index (χ0n) is 12.9. The van der Waals surface area contributed by atoms with E-state index in [0.29, 0.717) is 40.9 Å². The maximum atomic E-state index is 13.9. The van der Waals surface area contributed by atoms with Crippen LogP contribution < -0.4 is 9.62 Å². The lowest BCUT2D eigenvalue weighted by Crippen LogP contribution is -2.47. The van der Waals surface area contributed by atoms with Crippen LogP contribution in [0.25, 0.3) is 10.9 Å². The van der Waals surface area contributed by atoms with Gasteiger partial charge in [-0.3, -0.25) is 0 Å². The molecule has 24 heavy (non-hydrogen) atoms. The molecule has 0 saturated carbocycles. The highest BCUT2D eigenvalue weighted by atomic mass is 79.9. The van der Waals surface area contributed by atoms with Gasteiger partial charge in [-0.05, 0) is 28.1 Å². The van der Waals surface area contributed by atoms with E-state index in [1.54, 1.807) is 6.07 Å². The molecule has 0 amide bonds. The topological polar surface area (TPSA) is 84.4 Å². The number of nitrogens with zero attached hydrogens (tertiary/aromatic N) is 3. The van der Waals surface area contributed by atoms with Crippen LogP contribution in [0.4, 0.5) is 10.2 Å². The molecule has 1 aliphatic heterocycles. The maximum absolute atomic E-state index is 13.9. The van der Waals surface area contributed by atoms with Gasteiger partial charge in [0.15, 0.2) is 0 Å². The molecule has 1 unspecified atom stereocenters. The molecule has 0 spiro atoms. The summed E-state index contributed by atoms with van der Waals surface area (Å²) in [5, 5.41) is 0.606. The standard InChI is InChI=1S/C14H16BrFN4O3S/c1-24(21,22)19-6-9-7-20(2-3-23-9)14-10-4-12(16)11(15)5-13(10)17-8-18-14/h4-5,8-9,19H,2-3,6-7H2,1H3. The van der Waals surface area contributed by atoms with Gasteiger partial charge in [-0.25, -0.2) is 27.5 Å². The number of halogens is 2. The Kier molecular flexibility index (Phi) is 5.00. The fraction of sp³-hybridized carbons (Fsp3) is 0.429. The third kappa shape index (κ3) is 4.00. The van der Waals surface area contributed by atoms with Gasteiger partial charge in [-0.15, -0.1) is 0 Å². The van der Waals surface area contributed by atoms with Gasteiger partial charge in [0, 0.05) is 25.0 Å². The Balaban J connectivity index is 1.86. The lowest BCUT2D eigenvalue weighted by Gasteiger charge is -2.34. The van der Waals surface area contributed by atoms with E-state index in [2.05, 4.69) is 30.6 Å². The molecular formula is C14H16BrFN4O3S. The van der Waals surface area contributed by atoms with Crippen LogP contribution in [0.2, 0.25) is 0 Å². The summed E-state index contributed by atoms with van der Waals surface area (Å²) in [5.41, 5.74) is 0.630. The smallest absolute Gasteiger partial charge is 0.208 e.